The summed E-state index contributed by atoms with van der Waals surface area (Å²) in [4.78, 5) is 0. The molecule has 2 rings (SSSR count). The molecular weight excluding hydrogens is 340 g/mol. The standard InChI is InChI=1S/C8H5F2NO.C7H3F2NO.2CH4/c1-12-5-2-7(9)6(4-11)8(10)3-5;8-6-1-4(11)2-7(9)5(6)3-10;;/h2-3H,1H3;1-2,11H;2*1H4. The zero-order valence-electron chi connectivity index (χ0n) is 11.6. The van der Waals surface area contributed by atoms with E-state index in [9.17, 15) is 17.6 Å². The highest BCUT2D eigenvalue weighted by atomic mass is 19.1. The van der Waals surface area contributed by atoms with E-state index in [4.69, 9.17) is 15.6 Å². The number of nitriles is 2. The van der Waals surface area contributed by atoms with Gasteiger partial charge in [-0.05, 0) is 0 Å². The third-order valence-corrected chi connectivity index (χ3v) is 2.50. The summed E-state index contributed by atoms with van der Waals surface area (Å²) in [6.45, 7) is 0. The second-order valence-corrected chi connectivity index (χ2v) is 3.97. The topological polar surface area (TPSA) is 77.0 Å². The van der Waals surface area contributed by atoms with Crippen molar-refractivity contribution in [2.75, 3.05) is 7.11 Å². The number of hydrogen-bond acceptors (Lipinski definition) is 4. The maximum absolute atomic E-state index is 12.8. The summed E-state index contributed by atoms with van der Waals surface area (Å²) in [5.74, 6) is -4.39. The van der Waals surface area contributed by atoms with Gasteiger partial charge >= 0.3 is 0 Å². The average molecular weight is 356 g/mol. The van der Waals surface area contributed by atoms with E-state index in [0.29, 0.717) is 12.1 Å². The van der Waals surface area contributed by atoms with E-state index in [1.54, 1.807) is 0 Å². The normalized spacial score (nSPS) is 8.44. The van der Waals surface area contributed by atoms with Gasteiger partial charge in [0.1, 0.15) is 58.0 Å². The van der Waals surface area contributed by atoms with Crippen molar-refractivity contribution in [2.24, 2.45) is 0 Å². The quantitative estimate of drug-likeness (QED) is 0.754. The minimum Gasteiger partial charge on any atom is -0.508 e. The smallest absolute Gasteiger partial charge is 0.147 e. The van der Waals surface area contributed by atoms with Crippen LogP contribution in [0.5, 0.6) is 11.5 Å². The zero-order valence-corrected chi connectivity index (χ0v) is 11.6. The molecule has 0 atom stereocenters. The molecule has 25 heavy (non-hydrogen) atoms. The first-order valence-electron chi connectivity index (χ1n) is 5.85. The lowest BCUT2D eigenvalue weighted by Gasteiger charge is -2.00. The van der Waals surface area contributed by atoms with Gasteiger partial charge < -0.3 is 9.84 Å². The fraction of sp³-hybridized carbons (Fsp3) is 0.176. The van der Waals surface area contributed by atoms with Gasteiger partial charge in [0.2, 0.25) is 0 Å². The Bertz CT molecular complexity index is 765. The number of aromatic hydroxyl groups is 1. The lowest BCUT2D eigenvalue weighted by atomic mass is 10.2. The van der Waals surface area contributed by atoms with E-state index in [2.05, 4.69) is 4.74 Å². The Morgan fingerprint density at radius 1 is 0.800 bits per heavy atom. The van der Waals surface area contributed by atoms with Gasteiger partial charge in [-0.25, -0.2) is 17.6 Å². The molecule has 0 aromatic heterocycles. The monoisotopic (exact) mass is 356 g/mol. The highest BCUT2D eigenvalue weighted by molar-refractivity contribution is 5.38. The largest absolute Gasteiger partial charge is 0.508 e. The number of ether oxygens (including phenoxy) is 1. The SMILES string of the molecule is C.C.COc1cc(F)c(C#N)c(F)c1.N#Cc1c(F)cc(O)cc1F. The first kappa shape index (κ1) is 24.0. The number of phenols is 1. The molecular formula is C17H16F4N2O2. The minimum absolute atomic E-state index is 0. The lowest BCUT2D eigenvalue weighted by Crippen LogP contribution is -1.92. The van der Waals surface area contributed by atoms with Crippen LogP contribution in [0.1, 0.15) is 26.0 Å². The Kier molecular flexibility index (Phi) is 10.1. The Balaban J connectivity index is 0. The second kappa shape index (κ2) is 10.5. The van der Waals surface area contributed by atoms with Crippen LogP contribution >= 0.6 is 0 Å². The molecule has 0 spiro atoms. The lowest BCUT2D eigenvalue weighted by molar-refractivity contribution is 0.406. The second-order valence-electron chi connectivity index (χ2n) is 3.97. The van der Waals surface area contributed by atoms with Gasteiger partial charge in [-0.3, -0.25) is 0 Å². The molecule has 2 aromatic rings. The Morgan fingerprint density at radius 2 is 1.12 bits per heavy atom. The van der Waals surface area contributed by atoms with Crippen LogP contribution in [-0.2, 0) is 0 Å². The molecule has 0 aliphatic rings. The number of benzene rings is 2. The van der Waals surface area contributed by atoms with Gasteiger partial charge in [0.25, 0.3) is 0 Å². The van der Waals surface area contributed by atoms with E-state index in [-0.39, 0.29) is 20.6 Å². The highest BCUT2D eigenvalue weighted by Crippen LogP contribution is 2.19. The molecule has 0 heterocycles. The summed E-state index contributed by atoms with van der Waals surface area (Å²) < 4.78 is 55.1. The molecule has 0 unspecified atom stereocenters. The fourth-order valence-electron chi connectivity index (χ4n) is 1.44. The molecule has 0 saturated heterocycles. The summed E-state index contributed by atoms with van der Waals surface area (Å²) in [7, 11) is 1.29. The number of methoxy groups -OCH3 is 1. The van der Waals surface area contributed by atoms with Crippen LogP contribution < -0.4 is 4.74 Å². The summed E-state index contributed by atoms with van der Waals surface area (Å²) in [5.41, 5.74) is -1.27. The molecule has 2 aromatic carbocycles. The van der Waals surface area contributed by atoms with Crippen molar-refractivity contribution in [3.8, 4) is 23.6 Å². The summed E-state index contributed by atoms with van der Waals surface area (Å²) in [5, 5.41) is 25.1. The van der Waals surface area contributed by atoms with E-state index >= 15 is 0 Å². The van der Waals surface area contributed by atoms with E-state index in [0.717, 1.165) is 12.1 Å². The van der Waals surface area contributed by atoms with Gasteiger partial charge in [0.05, 0.1) is 7.11 Å². The number of hydrogen-bond donors (Lipinski definition) is 1. The highest BCUT2D eigenvalue weighted by Gasteiger charge is 2.10. The first-order valence-corrected chi connectivity index (χ1v) is 5.85. The third-order valence-electron chi connectivity index (χ3n) is 2.50. The maximum Gasteiger partial charge on any atom is 0.147 e. The van der Waals surface area contributed by atoms with E-state index < -0.39 is 40.1 Å². The molecule has 0 saturated carbocycles. The average Bonchev–Trinajstić information content (AvgIpc) is 2.47. The molecule has 4 nitrogen and oxygen atoms in total. The van der Waals surface area contributed by atoms with Gasteiger partial charge in [-0.1, -0.05) is 14.9 Å². The first-order chi connectivity index (χ1) is 10.8. The molecule has 0 aliphatic heterocycles. The van der Waals surface area contributed by atoms with Gasteiger partial charge in [0, 0.05) is 24.3 Å². The van der Waals surface area contributed by atoms with Crippen LogP contribution in [0.25, 0.3) is 0 Å². The molecule has 0 radical (unpaired) electrons. The maximum atomic E-state index is 12.8. The van der Waals surface area contributed by atoms with E-state index in [1.165, 1.54) is 19.2 Å². The molecule has 0 amide bonds. The Labute approximate surface area is 143 Å². The zero-order chi connectivity index (χ0) is 17.6. The van der Waals surface area contributed by atoms with Crippen molar-refractivity contribution in [1.29, 1.82) is 10.5 Å². The Hall–Kier alpha value is -3.26. The predicted molar refractivity (Wildman–Crippen MR) is 83.8 cm³/mol. The van der Waals surface area contributed by atoms with Gasteiger partial charge in [-0.15, -0.1) is 0 Å². The number of phenolic OH excluding ortho intramolecular Hbond substituents is 1. The molecule has 0 fully saturated rings. The molecule has 134 valence electrons. The minimum atomic E-state index is -1.05. The molecule has 0 bridgehead atoms. The Morgan fingerprint density at radius 3 is 1.40 bits per heavy atom. The van der Waals surface area contributed by atoms with Crippen molar-refractivity contribution < 1.29 is 27.4 Å². The van der Waals surface area contributed by atoms with Crippen LogP contribution in [0.3, 0.4) is 0 Å². The van der Waals surface area contributed by atoms with Crippen molar-refractivity contribution in [2.45, 2.75) is 14.9 Å². The van der Waals surface area contributed by atoms with Crippen molar-refractivity contribution in [3.05, 3.63) is 58.7 Å². The third kappa shape index (κ3) is 6.04. The molecule has 0 aliphatic carbocycles. The summed E-state index contributed by atoms with van der Waals surface area (Å²) in [6.07, 6.45) is 0. The fourth-order valence-corrected chi connectivity index (χ4v) is 1.44. The van der Waals surface area contributed by atoms with Crippen molar-refractivity contribution in [3.63, 3.8) is 0 Å². The summed E-state index contributed by atoms with van der Waals surface area (Å²) in [6, 6.07) is 6.02. The van der Waals surface area contributed by atoms with E-state index in [1.807, 2.05) is 0 Å². The van der Waals surface area contributed by atoms with Crippen LogP contribution in [0.2, 0.25) is 0 Å². The summed E-state index contributed by atoms with van der Waals surface area (Å²) >= 11 is 0. The van der Waals surface area contributed by atoms with Gasteiger partial charge in [0.15, 0.2) is 0 Å². The predicted octanol–water partition coefficient (Wildman–Crippen LogP) is 4.66. The van der Waals surface area contributed by atoms with Crippen molar-refractivity contribution >= 4 is 0 Å². The van der Waals surface area contributed by atoms with Crippen molar-refractivity contribution in [1.82, 2.24) is 0 Å². The van der Waals surface area contributed by atoms with Crippen LogP contribution in [0.4, 0.5) is 17.6 Å². The number of halogens is 4. The van der Waals surface area contributed by atoms with Crippen LogP contribution in [0.15, 0.2) is 24.3 Å². The van der Waals surface area contributed by atoms with Gasteiger partial charge in [-0.2, -0.15) is 10.5 Å². The number of rotatable bonds is 1. The van der Waals surface area contributed by atoms with Crippen LogP contribution in [0, 0.1) is 45.9 Å². The number of nitrogens with zero attached hydrogens (tertiary/aromatic N) is 2. The molecule has 8 heteroatoms. The van der Waals surface area contributed by atoms with Crippen LogP contribution in [-0.4, -0.2) is 12.2 Å². The molecule has 1 N–H and O–H groups in total.